The van der Waals surface area contributed by atoms with Gasteiger partial charge in [0.15, 0.2) is 0 Å². The number of halogens is 1. The van der Waals surface area contributed by atoms with E-state index < -0.39 is 0 Å². The summed E-state index contributed by atoms with van der Waals surface area (Å²) in [5, 5.41) is 8.98. The number of hydrogen-bond donors (Lipinski definition) is 2. The lowest BCUT2D eigenvalue weighted by molar-refractivity contribution is 0.0473. The van der Waals surface area contributed by atoms with Gasteiger partial charge in [-0.2, -0.15) is 0 Å². The molecule has 1 saturated heterocycles. The van der Waals surface area contributed by atoms with Crippen molar-refractivity contribution in [3.05, 3.63) is 107 Å². The smallest absolute Gasteiger partial charge is 0.0450 e. The highest BCUT2D eigenvalue weighted by Gasteiger charge is 2.46. The van der Waals surface area contributed by atoms with Gasteiger partial charge >= 0.3 is 0 Å². The standard InChI is InChI=1S/C31H37ClN2/c1-2-22-17-11-18-26-21-34-31(30(28(22)26)33-20-25-16-9-10-19-27(25)32)29(23-12-5-3-6-13-23)24-14-7-4-8-15-24/h3-10,12-16,19,22,26,28-31,33-34H,2,11,17-18,20-21H2,1H3/t22?,26?,28?,30?,31-/m1/s1. The van der Waals surface area contributed by atoms with Crippen molar-refractivity contribution in [1.82, 2.24) is 10.6 Å². The average molecular weight is 473 g/mol. The Morgan fingerprint density at radius 2 is 1.53 bits per heavy atom. The molecule has 2 N–H and O–H groups in total. The van der Waals surface area contributed by atoms with Crippen molar-refractivity contribution in [2.45, 2.75) is 57.2 Å². The van der Waals surface area contributed by atoms with E-state index in [-0.39, 0.29) is 0 Å². The fourth-order valence-corrected chi connectivity index (χ4v) is 6.95. The fraction of sp³-hybridized carbons (Fsp3) is 0.419. The Morgan fingerprint density at radius 1 is 0.882 bits per heavy atom. The molecular weight excluding hydrogens is 436 g/mol. The number of fused-ring (bicyclic) bond motifs is 1. The first-order valence-corrected chi connectivity index (χ1v) is 13.4. The second kappa shape index (κ2) is 11.1. The molecule has 178 valence electrons. The first-order valence-electron chi connectivity index (χ1n) is 13.1. The minimum absolute atomic E-state index is 0.298. The summed E-state index contributed by atoms with van der Waals surface area (Å²) in [6, 6.07) is 31.1. The van der Waals surface area contributed by atoms with Crippen molar-refractivity contribution in [3.8, 4) is 0 Å². The lowest BCUT2D eigenvalue weighted by atomic mass is 9.62. The molecule has 4 unspecified atom stereocenters. The van der Waals surface area contributed by atoms with Crippen molar-refractivity contribution in [1.29, 1.82) is 0 Å². The van der Waals surface area contributed by atoms with Crippen LogP contribution >= 0.6 is 11.6 Å². The molecule has 0 aromatic heterocycles. The van der Waals surface area contributed by atoms with Crippen LogP contribution in [0, 0.1) is 17.8 Å². The molecule has 1 saturated carbocycles. The zero-order valence-electron chi connectivity index (χ0n) is 20.2. The van der Waals surface area contributed by atoms with Gasteiger partial charge in [0.2, 0.25) is 0 Å². The Kier molecular flexibility index (Phi) is 7.69. The SMILES string of the molecule is CCC1CCCC2CN[C@H](C(c3ccccc3)c3ccccc3)C(NCc3ccccc3Cl)C12. The second-order valence-corrected chi connectivity index (χ2v) is 10.6. The first kappa shape index (κ1) is 23.6. The largest absolute Gasteiger partial charge is 0.311 e. The van der Waals surface area contributed by atoms with Crippen LogP contribution in [0.1, 0.15) is 55.2 Å². The highest BCUT2D eigenvalue weighted by molar-refractivity contribution is 6.31. The predicted octanol–water partition coefficient (Wildman–Crippen LogP) is 7.04. The van der Waals surface area contributed by atoms with Gasteiger partial charge in [-0.05, 0) is 53.5 Å². The number of rotatable bonds is 7. The maximum atomic E-state index is 6.57. The molecule has 1 heterocycles. The summed E-state index contributed by atoms with van der Waals surface area (Å²) < 4.78 is 0. The van der Waals surface area contributed by atoms with Crippen LogP contribution in [-0.2, 0) is 6.54 Å². The van der Waals surface area contributed by atoms with Crippen LogP contribution in [0.5, 0.6) is 0 Å². The molecule has 0 bridgehead atoms. The molecular formula is C31H37ClN2. The molecule has 2 fully saturated rings. The molecule has 3 aromatic rings. The molecule has 0 spiro atoms. The van der Waals surface area contributed by atoms with E-state index >= 15 is 0 Å². The summed E-state index contributed by atoms with van der Waals surface area (Å²) in [7, 11) is 0. The van der Waals surface area contributed by atoms with Crippen LogP contribution in [0.15, 0.2) is 84.9 Å². The van der Waals surface area contributed by atoms with Crippen LogP contribution in [0.4, 0.5) is 0 Å². The topological polar surface area (TPSA) is 24.1 Å². The lowest BCUT2D eigenvalue weighted by Gasteiger charge is -2.52. The number of hydrogen-bond acceptors (Lipinski definition) is 2. The summed E-state index contributed by atoms with van der Waals surface area (Å²) in [4.78, 5) is 0. The van der Waals surface area contributed by atoms with E-state index in [0.29, 0.717) is 23.9 Å². The molecule has 0 radical (unpaired) electrons. The Bertz CT molecular complexity index is 992. The van der Waals surface area contributed by atoms with Crippen molar-refractivity contribution < 1.29 is 0 Å². The summed E-state index contributed by atoms with van der Waals surface area (Å²) in [6.45, 7) is 4.31. The van der Waals surface area contributed by atoms with Crippen LogP contribution in [0.2, 0.25) is 5.02 Å². The van der Waals surface area contributed by atoms with Gasteiger partial charge in [0, 0.05) is 29.6 Å². The second-order valence-electron chi connectivity index (χ2n) is 10.2. The minimum Gasteiger partial charge on any atom is -0.311 e. The third-order valence-corrected chi connectivity index (χ3v) is 8.71. The highest BCUT2D eigenvalue weighted by atomic mass is 35.5. The molecule has 5 atom stereocenters. The zero-order valence-corrected chi connectivity index (χ0v) is 20.9. The monoisotopic (exact) mass is 472 g/mol. The Balaban J connectivity index is 1.54. The number of nitrogens with one attached hydrogen (secondary N) is 2. The van der Waals surface area contributed by atoms with Gasteiger partial charge in [0.1, 0.15) is 0 Å². The summed E-state index contributed by atoms with van der Waals surface area (Å²) in [5.74, 6) is 2.50. The van der Waals surface area contributed by atoms with Crippen molar-refractivity contribution in [3.63, 3.8) is 0 Å². The normalized spacial score (nSPS) is 26.9. The fourth-order valence-electron chi connectivity index (χ4n) is 6.75. The molecule has 34 heavy (non-hydrogen) atoms. The van der Waals surface area contributed by atoms with Crippen LogP contribution < -0.4 is 10.6 Å². The Labute approximate surface area is 210 Å². The van der Waals surface area contributed by atoms with Gasteiger partial charge in [-0.25, -0.2) is 0 Å². The summed E-state index contributed by atoms with van der Waals surface area (Å²) >= 11 is 6.57. The molecule has 1 aliphatic heterocycles. The van der Waals surface area contributed by atoms with Crippen molar-refractivity contribution in [2.24, 2.45) is 17.8 Å². The van der Waals surface area contributed by atoms with Crippen molar-refractivity contribution >= 4 is 11.6 Å². The Hall–Kier alpha value is -2.13. The molecule has 3 aromatic carbocycles. The van der Waals surface area contributed by atoms with Gasteiger partial charge < -0.3 is 10.6 Å². The third kappa shape index (κ3) is 4.96. The molecule has 5 rings (SSSR count). The van der Waals surface area contributed by atoms with E-state index in [1.165, 1.54) is 42.4 Å². The molecule has 2 nitrogen and oxygen atoms in total. The quantitative estimate of drug-likeness (QED) is 0.385. The van der Waals surface area contributed by atoms with Crippen LogP contribution in [0.25, 0.3) is 0 Å². The number of benzene rings is 3. The third-order valence-electron chi connectivity index (χ3n) is 8.34. The molecule has 0 amide bonds. The van der Waals surface area contributed by atoms with Crippen molar-refractivity contribution in [2.75, 3.05) is 6.54 Å². The van der Waals surface area contributed by atoms with Gasteiger partial charge in [0.25, 0.3) is 0 Å². The average Bonchev–Trinajstić information content (AvgIpc) is 2.89. The summed E-state index contributed by atoms with van der Waals surface area (Å²) in [5.41, 5.74) is 3.96. The summed E-state index contributed by atoms with van der Waals surface area (Å²) in [6.07, 6.45) is 5.33. The van der Waals surface area contributed by atoms with Crippen LogP contribution in [0.3, 0.4) is 0 Å². The Morgan fingerprint density at radius 3 is 2.18 bits per heavy atom. The van der Waals surface area contributed by atoms with Gasteiger partial charge in [0.05, 0.1) is 0 Å². The van der Waals surface area contributed by atoms with E-state index in [1.807, 2.05) is 12.1 Å². The maximum Gasteiger partial charge on any atom is 0.0450 e. The van der Waals surface area contributed by atoms with E-state index in [1.54, 1.807) is 0 Å². The number of piperidine rings is 1. The van der Waals surface area contributed by atoms with E-state index in [9.17, 15) is 0 Å². The molecule has 1 aliphatic carbocycles. The maximum absolute atomic E-state index is 6.57. The lowest BCUT2D eigenvalue weighted by Crippen LogP contribution is -2.64. The van der Waals surface area contributed by atoms with Gasteiger partial charge in [-0.1, -0.05) is 117 Å². The van der Waals surface area contributed by atoms with Gasteiger partial charge in [-0.3, -0.25) is 0 Å². The van der Waals surface area contributed by atoms with Crippen LogP contribution in [-0.4, -0.2) is 18.6 Å². The van der Waals surface area contributed by atoms with Gasteiger partial charge in [-0.15, -0.1) is 0 Å². The predicted molar refractivity (Wildman–Crippen MR) is 143 cm³/mol. The minimum atomic E-state index is 0.298. The van der Waals surface area contributed by atoms with E-state index in [2.05, 4.69) is 90.4 Å². The zero-order chi connectivity index (χ0) is 23.3. The molecule has 3 heteroatoms. The molecule has 2 aliphatic rings. The first-order chi connectivity index (χ1) is 16.8. The van der Waals surface area contributed by atoms with E-state index in [4.69, 9.17) is 11.6 Å². The highest BCUT2D eigenvalue weighted by Crippen LogP contribution is 2.44. The van der Waals surface area contributed by atoms with E-state index in [0.717, 1.165) is 29.9 Å².